The summed E-state index contributed by atoms with van der Waals surface area (Å²) in [5, 5.41) is 5.14. The average Bonchev–Trinajstić information content (AvgIpc) is 3.12. The molecule has 5 nitrogen and oxygen atoms in total. The van der Waals surface area contributed by atoms with Gasteiger partial charge in [0.25, 0.3) is 0 Å². The van der Waals surface area contributed by atoms with E-state index in [1.165, 1.54) is 0 Å². The van der Waals surface area contributed by atoms with Crippen LogP contribution in [-0.4, -0.2) is 32.4 Å². The van der Waals surface area contributed by atoms with E-state index in [0.717, 1.165) is 18.0 Å². The van der Waals surface area contributed by atoms with Gasteiger partial charge < -0.3 is 20.1 Å². The van der Waals surface area contributed by atoms with Crippen LogP contribution in [-0.2, 0) is 4.74 Å². The summed E-state index contributed by atoms with van der Waals surface area (Å²) in [6.07, 6.45) is 0.253. The summed E-state index contributed by atoms with van der Waals surface area (Å²) in [5.41, 5.74) is 0.731. The zero-order chi connectivity index (χ0) is 11.4. The predicted octanol–water partition coefficient (Wildman–Crippen LogP) is 1.22. The number of carbonyl (C=O) groups is 1. The minimum Gasteiger partial charge on any atom is -0.491 e. The summed E-state index contributed by atoms with van der Waals surface area (Å²) in [6.45, 7) is 1.37. The Labute approximate surface area is 93.7 Å². The maximum atomic E-state index is 11.0. The molecule has 0 saturated carbocycles. The van der Waals surface area contributed by atoms with E-state index < -0.39 is 0 Å². The zero-order valence-corrected chi connectivity index (χ0v) is 9.03. The van der Waals surface area contributed by atoms with Crippen molar-refractivity contribution in [1.29, 1.82) is 0 Å². The molecular weight excluding hydrogens is 208 g/mol. The Kier molecular flexibility index (Phi) is 3.26. The van der Waals surface area contributed by atoms with Crippen molar-refractivity contribution >= 4 is 11.7 Å². The number of hydrogen-bond donors (Lipinski definition) is 2. The average molecular weight is 222 g/mol. The van der Waals surface area contributed by atoms with Gasteiger partial charge >= 0.3 is 6.03 Å². The molecule has 2 N–H and O–H groups in total. The molecule has 16 heavy (non-hydrogen) atoms. The van der Waals surface area contributed by atoms with Gasteiger partial charge in [-0.05, 0) is 24.3 Å². The van der Waals surface area contributed by atoms with Crippen LogP contribution in [0.15, 0.2) is 24.3 Å². The summed E-state index contributed by atoms with van der Waals surface area (Å²) in [5.74, 6) is 0.776. The van der Waals surface area contributed by atoms with E-state index in [-0.39, 0.29) is 12.1 Å². The Morgan fingerprint density at radius 1 is 1.50 bits per heavy atom. The van der Waals surface area contributed by atoms with Crippen molar-refractivity contribution in [2.24, 2.45) is 0 Å². The smallest absolute Gasteiger partial charge is 0.318 e. The van der Waals surface area contributed by atoms with Gasteiger partial charge in [0.2, 0.25) is 0 Å². The first-order chi connectivity index (χ1) is 7.78. The SMILES string of the molecule is CNC(=O)Nc1ccc(OCC2CO2)cc1. The number of epoxide rings is 1. The second kappa shape index (κ2) is 4.85. The summed E-state index contributed by atoms with van der Waals surface area (Å²) in [4.78, 5) is 11.0. The fourth-order valence-corrected chi connectivity index (χ4v) is 1.18. The second-order valence-corrected chi connectivity index (χ2v) is 3.49. The van der Waals surface area contributed by atoms with Crippen molar-refractivity contribution in [1.82, 2.24) is 5.32 Å². The minimum atomic E-state index is -0.236. The van der Waals surface area contributed by atoms with Crippen molar-refractivity contribution in [2.45, 2.75) is 6.10 Å². The molecule has 1 aromatic rings. The fraction of sp³-hybridized carbons (Fsp3) is 0.364. The maximum absolute atomic E-state index is 11.0. The van der Waals surface area contributed by atoms with Crippen molar-refractivity contribution < 1.29 is 14.3 Å². The quantitative estimate of drug-likeness (QED) is 0.753. The lowest BCUT2D eigenvalue weighted by Crippen LogP contribution is -2.24. The summed E-state index contributed by atoms with van der Waals surface area (Å²) < 4.78 is 10.5. The van der Waals surface area contributed by atoms with Gasteiger partial charge in [-0.1, -0.05) is 0 Å². The van der Waals surface area contributed by atoms with Crippen LogP contribution in [0.25, 0.3) is 0 Å². The van der Waals surface area contributed by atoms with E-state index in [2.05, 4.69) is 10.6 Å². The topological polar surface area (TPSA) is 62.9 Å². The molecule has 2 rings (SSSR count). The number of rotatable bonds is 4. The monoisotopic (exact) mass is 222 g/mol. The molecule has 0 aliphatic carbocycles. The minimum absolute atomic E-state index is 0.236. The molecule has 0 bridgehead atoms. The second-order valence-electron chi connectivity index (χ2n) is 3.49. The number of urea groups is 1. The first-order valence-corrected chi connectivity index (χ1v) is 5.11. The van der Waals surface area contributed by atoms with E-state index in [1.807, 2.05) is 12.1 Å². The van der Waals surface area contributed by atoms with Gasteiger partial charge in [0.15, 0.2) is 0 Å². The zero-order valence-electron chi connectivity index (χ0n) is 9.03. The molecule has 1 saturated heterocycles. The highest BCUT2D eigenvalue weighted by atomic mass is 16.6. The number of benzene rings is 1. The highest BCUT2D eigenvalue weighted by Crippen LogP contribution is 2.17. The number of ether oxygens (including phenoxy) is 2. The van der Waals surface area contributed by atoms with Crippen molar-refractivity contribution in [3.8, 4) is 5.75 Å². The molecule has 0 spiro atoms. The third-order valence-corrected chi connectivity index (χ3v) is 2.18. The molecule has 1 unspecified atom stereocenters. The molecule has 1 atom stereocenters. The Balaban J connectivity index is 1.85. The Hall–Kier alpha value is -1.75. The standard InChI is InChI=1S/C11H14N2O3/c1-12-11(14)13-8-2-4-9(5-3-8)15-6-10-7-16-10/h2-5,10H,6-7H2,1H3,(H2,12,13,14). The van der Waals surface area contributed by atoms with Gasteiger partial charge in [0.1, 0.15) is 18.5 Å². The summed E-state index contributed by atoms with van der Waals surface area (Å²) in [6, 6.07) is 6.97. The van der Waals surface area contributed by atoms with Crippen LogP contribution in [0.3, 0.4) is 0 Å². The first kappa shape index (κ1) is 10.8. The van der Waals surface area contributed by atoms with Crippen LogP contribution in [0, 0.1) is 0 Å². The fourth-order valence-electron chi connectivity index (χ4n) is 1.18. The first-order valence-electron chi connectivity index (χ1n) is 5.11. The molecule has 1 fully saturated rings. The van der Waals surface area contributed by atoms with Crippen LogP contribution in [0.2, 0.25) is 0 Å². The van der Waals surface area contributed by atoms with Crippen molar-refractivity contribution in [3.05, 3.63) is 24.3 Å². The van der Waals surface area contributed by atoms with E-state index in [9.17, 15) is 4.79 Å². The van der Waals surface area contributed by atoms with Gasteiger partial charge in [0, 0.05) is 12.7 Å². The van der Waals surface area contributed by atoms with Crippen LogP contribution in [0.5, 0.6) is 5.75 Å². The Morgan fingerprint density at radius 2 is 2.19 bits per heavy atom. The normalized spacial score (nSPS) is 17.7. The van der Waals surface area contributed by atoms with E-state index in [0.29, 0.717) is 6.61 Å². The van der Waals surface area contributed by atoms with Crippen molar-refractivity contribution in [2.75, 3.05) is 25.6 Å². The van der Waals surface area contributed by atoms with Gasteiger partial charge in [-0.15, -0.1) is 0 Å². The third-order valence-electron chi connectivity index (χ3n) is 2.18. The number of anilines is 1. The van der Waals surface area contributed by atoms with Gasteiger partial charge in [-0.25, -0.2) is 4.79 Å². The predicted molar refractivity (Wildman–Crippen MR) is 59.8 cm³/mol. The largest absolute Gasteiger partial charge is 0.491 e. The number of nitrogens with one attached hydrogen (secondary N) is 2. The Bertz CT molecular complexity index is 360. The van der Waals surface area contributed by atoms with Crippen molar-refractivity contribution in [3.63, 3.8) is 0 Å². The molecule has 1 aliphatic rings. The van der Waals surface area contributed by atoms with Gasteiger partial charge in [-0.2, -0.15) is 0 Å². The Morgan fingerprint density at radius 3 is 2.75 bits per heavy atom. The molecular formula is C11H14N2O3. The lowest BCUT2D eigenvalue weighted by atomic mass is 10.3. The third kappa shape index (κ3) is 3.13. The molecule has 86 valence electrons. The van der Waals surface area contributed by atoms with E-state index in [1.54, 1.807) is 19.2 Å². The lowest BCUT2D eigenvalue weighted by Gasteiger charge is -2.06. The van der Waals surface area contributed by atoms with Gasteiger partial charge in [-0.3, -0.25) is 0 Å². The number of amides is 2. The molecule has 0 radical (unpaired) electrons. The molecule has 1 heterocycles. The van der Waals surface area contributed by atoms with Crippen LogP contribution in [0.1, 0.15) is 0 Å². The lowest BCUT2D eigenvalue weighted by molar-refractivity contribution is 0.254. The van der Waals surface area contributed by atoms with Gasteiger partial charge in [0.05, 0.1) is 6.61 Å². The van der Waals surface area contributed by atoms with E-state index in [4.69, 9.17) is 9.47 Å². The summed E-state index contributed by atoms with van der Waals surface area (Å²) >= 11 is 0. The number of hydrogen-bond acceptors (Lipinski definition) is 3. The molecule has 0 aromatic heterocycles. The molecule has 2 amide bonds. The van der Waals surface area contributed by atoms with Crippen LogP contribution >= 0.6 is 0 Å². The molecule has 5 heteroatoms. The van der Waals surface area contributed by atoms with Crippen LogP contribution < -0.4 is 15.4 Å². The highest BCUT2D eigenvalue weighted by Gasteiger charge is 2.22. The molecule has 1 aromatic carbocycles. The van der Waals surface area contributed by atoms with Crippen LogP contribution in [0.4, 0.5) is 10.5 Å². The number of carbonyl (C=O) groups excluding carboxylic acids is 1. The molecule has 1 aliphatic heterocycles. The van der Waals surface area contributed by atoms with E-state index >= 15 is 0 Å². The summed E-state index contributed by atoms with van der Waals surface area (Å²) in [7, 11) is 1.57. The highest BCUT2D eigenvalue weighted by molar-refractivity contribution is 5.88. The maximum Gasteiger partial charge on any atom is 0.318 e.